The lowest BCUT2D eigenvalue weighted by atomic mass is 10.2. The Morgan fingerprint density at radius 3 is 2.64 bits per heavy atom. The Labute approximate surface area is 67.8 Å². The molecular formula is C7H5ClFNO. The minimum absolute atomic E-state index is 0.00617. The molecule has 2 nitrogen and oxygen atoms in total. The summed E-state index contributed by atoms with van der Waals surface area (Å²) in [4.78, 5) is 10.5. The molecule has 0 spiro atoms. The van der Waals surface area contributed by atoms with Gasteiger partial charge in [0, 0.05) is 0 Å². The zero-order valence-electron chi connectivity index (χ0n) is 5.47. The van der Waals surface area contributed by atoms with Crippen LogP contribution in [0, 0.1) is 5.82 Å². The van der Waals surface area contributed by atoms with E-state index in [0.29, 0.717) is 0 Å². The largest absolute Gasteiger partial charge is 0.396 e. The average molecular weight is 174 g/mol. The summed E-state index contributed by atoms with van der Waals surface area (Å²) in [5.74, 6) is -0.628. The summed E-state index contributed by atoms with van der Waals surface area (Å²) in [7, 11) is 0. The molecule has 0 aromatic heterocycles. The second kappa shape index (κ2) is 2.88. The highest BCUT2D eigenvalue weighted by molar-refractivity contribution is 6.68. The fraction of sp³-hybridized carbons (Fsp3) is 0. The fourth-order valence-corrected chi connectivity index (χ4v) is 0.873. The molecule has 0 aliphatic rings. The molecule has 0 saturated heterocycles. The van der Waals surface area contributed by atoms with Gasteiger partial charge in [0.2, 0.25) is 0 Å². The first-order valence-corrected chi connectivity index (χ1v) is 3.24. The van der Waals surface area contributed by atoms with Crippen molar-refractivity contribution in [2.45, 2.75) is 0 Å². The molecule has 0 aliphatic heterocycles. The molecule has 0 fully saturated rings. The van der Waals surface area contributed by atoms with Crippen LogP contribution in [-0.4, -0.2) is 5.24 Å². The summed E-state index contributed by atoms with van der Waals surface area (Å²) in [5, 5.41) is -0.748. The number of carbonyl (C=O) groups excluding carboxylic acids is 1. The van der Waals surface area contributed by atoms with E-state index < -0.39 is 11.1 Å². The monoisotopic (exact) mass is 173 g/mol. The third kappa shape index (κ3) is 1.49. The first-order valence-electron chi connectivity index (χ1n) is 2.86. The van der Waals surface area contributed by atoms with Crippen molar-refractivity contribution in [2.75, 3.05) is 5.73 Å². The molecule has 0 amide bonds. The van der Waals surface area contributed by atoms with Crippen molar-refractivity contribution in [1.82, 2.24) is 0 Å². The molecule has 0 heterocycles. The number of para-hydroxylation sites is 1. The number of halogens is 2. The van der Waals surface area contributed by atoms with Gasteiger partial charge in [0.05, 0.1) is 11.3 Å². The molecule has 1 aromatic carbocycles. The quantitative estimate of drug-likeness (QED) is 0.520. The van der Waals surface area contributed by atoms with Crippen molar-refractivity contribution in [3.8, 4) is 0 Å². The lowest BCUT2D eigenvalue weighted by Crippen LogP contribution is -1.99. The van der Waals surface area contributed by atoms with Crippen molar-refractivity contribution < 1.29 is 9.18 Å². The zero-order valence-corrected chi connectivity index (χ0v) is 6.23. The average Bonchev–Trinajstić information content (AvgIpc) is 1.94. The van der Waals surface area contributed by atoms with E-state index in [1.165, 1.54) is 18.2 Å². The number of nitrogen functional groups attached to an aromatic ring is 1. The number of anilines is 1. The summed E-state index contributed by atoms with van der Waals surface area (Å²) < 4.78 is 12.6. The van der Waals surface area contributed by atoms with E-state index in [1.807, 2.05) is 0 Å². The Morgan fingerprint density at radius 1 is 1.55 bits per heavy atom. The van der Waals surface area contributed by atoms with Crippen LogP contribution in [-0.2, 0) is 0 Å². The van der Waals surface area contributed by atoms with Gasteiger partial charge in [0.1, 0.15) is 5.82 Å². The van der Waals surface area contributed by atoms with Crippen LogP contribution in [0.5, 0.6) is 0 Å². The van der Waals surface area contributed by atoms with Crippen LogP contribution >= 0.6 is 11.6 Å². The highest BCUT2D eigenvalue weighted by atomic mass is 35.5. The molecule has 58 valence electrons. The van der Waals surface area contributed by atoms with E-state index in [4.69, 9.17) is 17.3 Å². The molecule has 0 saturated carbocycles. The number of rotatable bonds is 1. The first kappa shape index (κ1) is 8.01. The molecule has 0 aliphatic carbocycles. The first-order chi connectivity index (χ1) is 5.13. The lowest BCUT2D eigenvalue weighted by molar-refractivity contribution is 0.108. The SMILES string of the molecule is Nc1c(F)cccc1C(=O)Cl. The van der Waals surface area contributed by atoms with Gasteiger partial charge in [-0.25, -0.2) is 4.39 Å². The zero-order chi connectivity index (χ0) is 8.43. The Morgan fingerprint density at radius 2 is 2.18 bits per heavy atom. The maximum absolute atomic E-state index is 12.6. The van der Waals surface area contributed by atoms with E-state index >= 15 is 0 Å². The summed E-state index contributed by atoms with van der Waals surface area (Å²) >= 11 is 5.09. The molecule has 0 unspecified atom stereocenters. The van der Waals surface area contributed by atoms with E-state index in [0.717, 1.165) is 0 Å². The van der Waals surface area contributed by atoms with Crippen LogP contribution in [0.25, 0.3) is 0 Å². The Balaban J connectivity index is 3.27. The van der Waals surface area contributed by atoms with Gasteiger partial charge in [-0.05, 0) is 23.7 Å². The molecule has 4 heteroatoms. The fourth-order valence-electron chi connectivity index (χ4n) is 0.708. The van der Waals surface area contributed by atoms with Crippen molar-refractivity contribution in [3.05, 3.63) is 29.6 Å². The number of hydrogen-bond acceptors (Lipinski definition) is 2. The number of benzene rings is 1. The minimum Gasteiger partial charge on any atom is -0.396 e. The molecule has 0 atom stereocenters. The van der Waals surface area contributed by atoms with Crippen LogP contribution in [0.3, 0.4) is 0 Å². The third-order valence-electron chi connectivity index (χ3n) is 1.26. The minimum atomic E-state index is -0.748. The summed E-state index contributed by atoms with van der Waals surface area (Å²) in [6.07, 6.45) is 0. The second-order valence-electron chi connectivity index (χ2n) is 1.97. The highest BCUT2D eigenvalue weighted by Gasteiger charge is 2.08. The van der Waals surface area contributed by atoms with Crippen molar-refractivity contribution in [1.29, 1.82) is 0 Å². The predicted molar refractivity (Wildman–Crippen MR) is 41.0 cm³/mol. The van der Waals surface area contributed by atoms with Crippen LogP contribution in [0.2, 0.25) is 0 Å². The smallest absolute Gasteiger partial charge is 0.254 e. The maximum atomic E-state index is 12.6. The third-order valence-corrected chi connectivity index (χ3v) is 1.47. The van der Waals surface area contributed by atoms with Gasteiger partial charge < -0.3 is 5.73 Å². The van der Waals surface area contributed by atoms with Gasteiger partial charge >= 0.3 is 0 Å². The maximum Gasteiger partial charge on any atom is 0.254 e. The van der Waals surface area contributed by atoms with E-state index in [9.17, 15) is 9.18 Å². The number of hydrogen-bond donors (Lipinski definition) is 1. The van der Waals surface area contributed by atoms with Crippen molar-refractivity contribution in [3.63, 3.8) is 0 Å². The standard InChI is InChI=1S/C7H5ClFNO/c8-7(11)4-2-1-3-5(9)6(4)10/h1-3H,10H2. The van der Waals surface area contributed by atoms with Crippen LogP contribution < -0.4 is 5.73 Å². The van der Waals surface area contributed by atoms with Crippen LogP contribution in [0.15, 0.2) is 18.2 Å². The van der Waals surface area contributed by atoms with Gasteiger partial charge in [0.25, 0.3) is 5.24 Å². The van der Waals surface area contributed by atoms with Gasteiger partial charge in [0.15, 0.2) is 0 Å². The van der Waals surface area contributed by atoms with Gasteiger partial charge in [-0.3, -0.25) is 4.79 Å². The van der Waals surface area contributed by atoms with E-state index in [2.05, 4.69) is 0 Å². The molecular weight excluding hydrogens is 169 g/mol. The molecule has 1 rings (SSSR count). The van der Waals surface area contributed by atoms with E-state index in [-0.39, 0.29) is 11.3 Å². The van der Waals surface area contributed by atoms with E-state index in [1.54, 1.807) is 0 Å². The summed E-state index contributed by atoms with van der Waals surface area (Å²) in [6.45, 7) is 0. The normalized spacial score (nSPS) is 9.64. The Hall–Kier alpha value is -1.09. The van der Waals surface area contributed by atoms with Crippen molar-refractivity contribution in [2.24, 2.45) is 0 Å². The second-order valence-corrected chi connectivity index (χ2v) is 2.32. The van der Waals surface area contributed by atoms with Crippen LogP contribution in [0.1, 0.15) is 10.4 Å². The number of nitrogens with two attached hydrogens (primary N) is 1. The highest BCUT2D eigenvalue weighted by Crippen LogP contribution is 2.17. The van der Waals surface area contributed by atoms with Gasteiger partial charge in [-0.15, -0.1) is 0 Å². The van der Waals surface area contributed by atoms with Crippen LogP contribution in [0.4, 0.5) is 10.1 Å². The predicted octanol–water partition coefficient (Wildman–Crippen LogP) is 1.79. The Bertz CT molecular complexity index is 300. The molecule has 1 aromatic rings. The molecule has 11 heavy (non-hydrogen) atoms. The van der Waals surface area contributed by atoms with Gasteiger partial charge in [-0.2, -0.15) is 0 Å². The number of carbonyl (C=O) groups is 1. The summed E-state index contributed by atoms with van der Waals surface area (Å²) in [6, 6.07) is 3.91. The lowest BCUT2D eigenvalue weighted by Gasteiger charge is -1.99. The van der Waals surface area contributed by atoms with Gasteiger partial charge in [-0.1, -0.05) is 6.07 Å². The molecule has 0 bridgehead atoms. The molecule has 2 N–H and O–H groups in total. The topological polar surface area (TPSA) is 43.1 Å². The van der Waals surface area contributed by atoms with Crippen molar-refractivity contribution >= 4 is 22.5 Å². The summed E-state index contributed by atoms with van der Waals surface area (Å²) in [5.41, 5.74) is 5.01. The Kier molecular flexibility index (Phi) is 2.10. The molecule has 0 radical (unpaired) electrons.